The number of para-hydroxylation sites is 1. The third-order valence-electron chi connectivity index (χ3n) is 5.23. The SMILES string of the molecule is CC(C)N(c1nn(-c2ccccc2)cc1OC(=O)O)C(=O)[C@H]1CC[C@H](C)CC1. The number of benzene rings is 1. The predicted molar refractivity (Wildman–Crippen MR) is 106 cm³/mol. The molecule has 1 N–H and O–H groups in total. The van der Waals surface area contributed by atoms with Gasteiger partial charge in [-0.3, -0.25) is 9.69 Å². The standard InChI is InChI=1S/C21H27N3O4/c1-14(2)24(20(25)16-11-9-15(3)10-12-16)19-18(28-21(26)27)13-23(22-19)17-7-5-4-6-8-17/h4-8,13-16H,9-12H2,1-3H3,(H,26,27)/t15-,16-. The van der Waals surface area contributed by atoms with Gasteiger partial charge in [-0.1, -0.05) is 25.1 Å². The molecule has 0 unspecified atom stereocenters. The Balaban J connectivity index is 1.98. The summed E-state index contributed by atoms with van der Waals surface area (Å²) in [6.45, 7) is 6.01. The van der Waals surface area contributed by atoms with E-state index >= 15 is 0 Å². The van der Waals surface area contributed by atoms with Gasteiger partial charge in [0.1, 0.15) is 0 Å². The van der Waals surface area contributed by atoms with Crippen LogP contribution in [0.3, 0.4) is 0 Å². The number of aromatic nitrogens is 2. The van der Waals surface area contributed by atoms with Gasteiger partial charge in [0.15, 0.2) is 5.75 Å². The highest BCUT2D eigenvalue weighted by Gasteiger charge is 2.33. The number of carbonyl (C=O) groups is 2. The lowest BCUT2D eigenvalue weighted by atomic mass is 9.82. The topological polar surface area (TPSA) is 84.7 Å². The van der Waals surface area contributed by atoms with E-state index in [1.54, 1.807) is 9.58 Å². The molecular weight excluding hydrogens is 358 g/mol. The summed E-state index contributed by atoms with van der Waals surface area (Å²) in [4.78, 5) is 26.1. The molecule has 1 aliphatic carbocycles. The van der Waals surface area contributed by atoms with Crippen molar-refractivity contribution in [1.29, 1.82) is 0 Å². The fraction of sp³-hybridized carbons (Fsp3) is 0.476. The smallest absolute Gasteiger partial charge is 0.449 e. The van der Waals surface area contributed by atoms with Gasteiger partial charge in [0, 0.05) is 12.0 Å². The van der Waals surface area contributed by atoms with Crippen LogP contribution in [0.15, 0.2) is 36.5 Å². The molecule has 1 fully saturated rings. The number of hydrogen-bond donors (Lipinski definition) is 1. The third-order valence-corrected chi connectivity index (χ3v) is 5.23. The highest BCUT2D eigenvalue weighted by molar-refractivity contribution is 5.96. The zero-order chi connectivity index (χ0) is 20.3. The Kier molecular flexibility index (Phi) is 6.02. The minimum atomic E-state index is -1.43. The van der Waals surface area contributed by atoms with Crippen LogP contribution in [-0.4, -0.2) is 33.0 Å². The van der Waals surface area contributed by atoms with Crippen LogP contribution in [0.25, 0.3) is 5.69 Å². The molecule has 0 radical (unpaired) electrons. The Labute approximate surface area is 164 Å². The fourth-order valence-corrected chi connectivity index (χ4v) is 3.70. The van der Waals surface area contributed by atoms with E-state index in [0.717, 1.165) is 31.4 Å². The number of carboxylic acid groups (broad SMARTS) is 1. The van der Waals surface area contributed by atoms with Crippen LogP contribution in [0.2, 0.25) is 0 Å². The maximum Gasteiger partial charge on any atom is 0.511 e. The van der Waals surface area contributed by atoms with Crippen molar-refractivity contribution in [2.45, 2.75) is 52.5 Å². The zero-order valence-corrected chi connectivity index (χ0v) is 16.5. The third kappa shape index (κ3) is 4.35. The minimum absolute atomic E-state index is 0.0181. The molecule has 3 rings (SSSR count). The summed E-state index contributed by atoms with van der Waals surface area (Å²) in [7, 11) is 0. The van der Waals surface area contributed by atoms with Gasteiger partial charge in [-0.2, -0.15) is 0 Å². The summed E-state index contributed by atoms with van der Waals surface area (Å²) in [5.74, 6) is 0.848. The summed E-state index contributed by atoms with van der Waals surface area (Å²) < 4.78 is 6.51. The van der Waals surface area contributed by atoms with Crippen LogP contribution in [0.4, 0.5) is 10.6 Å². The van der Waals surface area contributed by atoms with E-state index in [1.807, 2.05) is 44.2 Å². The average molecular weight is 385 g/mol. The maximum atomic E-state index is 13.3. The first-order chi connectivity index (χ1) is 13.4. The highest BCUT2D eigenvalue weighted by atomic mass is 16.7. The average Bonchev–Trinajstić information content (AvgIpc) is 3.05. The number of rotatable bonds is 5. The van der Waals surface area contributed by atoms with Crippen molar-refractivity contribution in [3.05, 3.63) is 36.5 Å². The number of nitrogens with zero attached hydrogens (tertiary/aromatic N) is 3. The van der Waals surface area contributed by atoms with Crippen molar-refractivity contribution in [2.75, 3.05) is 4.90 Å². The van der Waals surface area contributed by atoms with Crippen LogP contribution in [0.5, 0.6) is 5.75 Å². The van der Waals surface area contributed by atoms with Crippen LogP contribution >= 0.6 is 0 Å². The molecule has 0 atom stereocenters. The van der Waals surface area contributed by atoms with E-state index in [4.69, 9.17) is 9.84 Å². The van der Waals surface area contributed by atoms with Gasteiger partial charge in [-0.25, -0.2) is 9.48 Å². The van der Waals surface area contributed by atoms with Gasteiger partial charge in [0.2, 0.25) is 11.7 Å². The fourth-order valence-electron chi connectivity index (χ4n) is 3.70. The van der Waals surface area contributed by atoms with Gasteiger partial charge >= 0.3 is 6.16 Å². The van der Waals surface area contributed by atoms with Crippen molar-refractivity contribution < 1.29 is 19.4 Å². The van der Waals surface area contributed by atoms with E-state index in [1.165, 1.54) is 6.20 Å². The number of hydrogen-bond acceptors (Lipinski definition) is 4. The zero-order valence-electron chi connectivity index (χ0n) is 16.5. The van der Waals surface area contributed by atoms with Crippen molar-refractivity contribution in [3.8, 4) is 11.4 Å². The molecule has 1 amide bonds. The van der Waals surface area contributed by atoms with Crippen molar-refractivity contribution in [2.24, 2.45) is 11.8 Å². The molecule has 28 heavy (non-hydrogen) atoms. The molecule has 0 spiro atoms. The molecule has 7 heteroatoms. The first-order valence-corrected chi connectivity index (χ1v) is 9.75. The van der Waals surface area contributed by atoms with Crippen LogP contribution in [0, 0.1) is 11.8 Å². The van der Waals surface area contributed by atoms with Gasteiger partial charge < -0.3 is 9.84 Å². The minimum Gasteiger partial charge on any atom is -0.449 e. The maximum absolute atomic E-state index is 13.3. The second-order valence-electron chi connectivity index (χ2n) is 7.72. The predicted octanol–water partition coefficient (Wildman–Crippen LogP) is 4.50. The Morgan fingerprint density at radius 2 is 1.82 bits per heavy atom. The Hall–Kier alpha value is -2.83. The van der Waals surface area contributed by atoms with Crippen molar-refractivity contribution >= 4 is 17.9 Å². The van der Waals surface area contributed by atoms with Gasteiger partial charge in [-0.05, 0) is 57.6 Å². The van der Waals surface area contributed by atoms with Crippen molar-refractivity contribution in [1.82, 2.24) is 9.78 Å². The molecule has 150 valence electrons. The second-order valence-corrected chi connectivity index (χ2v) is 7.72. The molecule has 1 saturated carbocycles. The lowest BCUT2D eigenvalue weighted by molar-refractivity contribution is -0.124. The van der Waals surface area contributed by atoms with Gasteiger partial charge in [-0.15, -0.1) is 5.10 Å². The molecule has 1 aliphatic rings. The molecule has 1 aromatic heterocycles. The molecule has 0 bridgehead atoms. The number of ether oxygens (including phenoxy) is 1. The second kappa shape index (κ2) is 8.46. The van der Waals surface area contributed by atoms with Gasteiger partial charge in [0.25, 0.3) is 0 Å². The summed E-state index contributed by atoms with van der Waals surface area (Å²) in [5, 5.41) is 13.7. The molecule has 0 aliphatic heterocycles. The highest BCUT2D eigenvalue weighted by Crippen LogP contribution is 2.35. The monoisotopic (exact) mass is 385 g/mol. The largest absolute Gasteiger partial charge is 0.511 e. The van der Waals surface area contributed by atoms with E-state index in [0.29, 0.717) is 5.92 Å². The molecular formula is C21H27N3O4. The lowest BCUT2D eigenvalue weighted by Crippen LogP contribution is -2.42. The van der Waals surface area contributed by atoms with Gasteiger partial charge in [0.05, 0.1) is 11.9 Å². The summed E-state index contributed by atoms with van der Waals surface area (Å²) in [6.07, 6.45) is 3.81. The van der Waals surface area contributed by atoms with Crippen LogP contribution < -0.4 is 9.64 Å². The Morgan fingerprint density at radius 1 is 1.18 bits per heavy atom. The summed E-state index contributed by atoms with van der Waals surface area (Å²) in [6, 6.07) is 9.14. The summed E-state index contributed by atoms with van der Waals surface area (Å²) >= 11 is 0. The van der Waals surface area contributed by atoms with E-state index in [-0.39, 0.29) is 29.4 Å². The van der Waals surface area contributed by atoms with Crippen LogP contribution in [0.1, 0.15) is 46.5 Å². The van der Waals surface area contributed by atoms with E-state index < -0.39 is 6.16 Å². The number of amides is 1. The first kappa shape index (κ1) is 19.9. The molecule has 1 aromatic carbocycles. The molecule has 0 saturated heterocycles. The number of carbonyl (C=O) groups excluding carboxylic acids is 1. The molecule has 1 heterocycles. The Bertz CT molecular complexity index is 823. The normalized spacial score (nSPS) is 19.4. The molecule has 2 aromatic rings. The first-order valence-electron chi connectivity index (χ1n) is 9.75. The lowest BCUT2D eigenvalue weighted by Gasteiger charge is -2.32. The molecule has 7 nitrogen and oxygen atoms in total. The van der Waals surface area contributed by atoms with E-state index in [9.17, 15) is 9.59 Å². The quantitative estimate of drug-likeness (QED) is 0.766. The van der Waals surface area contributed by atoms with Crippen LogP contribution in [-0.2, 0) is 4.79 Å². The summed E-state index contributed by atoms with van der Waals surface area (Å²) in [5.41, 5.74) is 0.756. The Morgan fingerprint density at radius 3 is 2.39 bits per heavy atom. The number of anilines is 1. The van der Waals surface area contributed by atoms with Crippen molar-refractivity contribution in [3.63, 3.8) is 0 Å². The van der Waals surface area contributed by atoms with E-state index in [2.05, 4.69) is 12.0 Å².